The van der Waals surface area contributed by atoms with Gasteiger partial charge in [-0.1, -0.05) is 30.3 Å². The number of hydrogen-bond acceptors (Lipinski definition) is 3. The van der Waals surface area contributed by atoms with E-state index in [9.17, 15) is 0 Å². The lowest BCUT2D eigenvalue weighted by Gasteiger charge is -2.16. The average molecular weight is 287 g/mol. The summed E-state index contributed by atoms with van der Waals surface area (Å²) in [6.45, 7) is 0. The molecule has 0 heterocycles. The van der Waals surface area contributed by atoms with E-state index in [4.69, 9.17) is 4.74 Å². The Kier molecular flexibility index (Phi) is 5.96. The molecule has 20 heavy (non-hydrogen) atoms. The van der Waals surface area contributed by atoms with Crippen molar-refractivity contribution in [1.82, 2.24) is 5.32 Å². The van der Waals surface area contributed by atoms with Crippen LogP contribution < -0.4 is 10.1 Å². The van der Waals surface area contributed by atoms with Gasteiger partial charge in [0.25, 0.3) is 0 Å². The van der Waals surface area contributed by atoms with Crippen molar-refractivity contribution in [3.63, 3.8) is 0 Å². The number of hydrogen-bond donors (Lipinski definition) is 1. The third-order valence-corrected chi connectivity index (χ3v) is 4.39. The smallest absolute Gasteiger partial charge is 0.119 e. The molecule has 2 nitrogen and oxygen atoms in total. The summed E-state index contributed by atoms with van der Waals surface area (Å²) in [6.07, 6.45) is 1.01. The van der Waals surface area contributed by atoms with Crippen LogP contribution in [0.4, 0.5) is 0 Å². The monoisotopic (exact) mass is 287 g/mol. The summed E-state index contributed by atoms with van der Waals surface area (Å²) in [5, 5.41) is 3.40. The third kappa shape index (κ3) is 4.58. The van der Waals surface area contributed by atoms with Gasteiger partial charge in [0.05, 0.1) is 7.11 Å². The number of ether oxygens (including phenoxy) is 1. The van der Waals surface area contributed by atoms with Gasteiger partial charge in [-0.05, 0) is 43.3 Å². The second kappa shape index (κ2) is 7.98. The molecule has 1 unspecified atom stereocenters. The van der Waals surface area contributed by atoms with E-state index in [1.54, 1.807) is 7.11 Å². The molecule has 0 aliphatic rings. The minimum absolute atomic E-state index is 0.451. The third-order valence-electron chi connectivity index (χ3n) is 3.22. The zero-order valence-electron chi connectivity index (χ0n) is 12.0. The van der Waals surface area contributed by atoms with Crippen LogP contribution in [-0.4, -0.2) is 26.0 Å². The summed E-state index contributed by atoms with van der Waals surface area (Å²) in [4.78, 5) is 1.32. The van der Waals surface area contributed by atoms with Crippen molar-refractivity contribution < 1.29 is 4.74 Å². The maximum atomic E-state index is 5.27. The topological polar surface area (TPSA) is 21.3 Å². The van der Waals surface area contributed by atoms with Gasteiger partial charge in [0, 0.05) is 16.7 Å². The molecule has 0 aliphatic carbocycles. The van der Waals surface area contributed by atoms with E-state index in [1.165, 1.54) is 10.5 Å². The molecular formula is C17H21NOS. The van der Waals surface area contributed by atoms with Crippen molar-refractivity contribution in [2.75, 3.05) is 19.9 Å². The van der Waals surface area contributed by atoms with Gasteiger partial charge in [-0.15, -0.1) is 11.8 Å². The molecule has 1 N–H and O–H groups in total. The zero-order valence-corrected chi connectivity index (χ0v) is 12.8. The molecule has 0 amide bonds. The Hall–Kier alpha value is -1.45. The van der Waals surface area contributed by atoms with Crippen molar-refractivity contribution >= 4 is 11.8 Å². The molecule has 3 heteroatoms. The van der Waals surface area contributed by atoms with Gasteiger partial charge in [0.15, 0.2) is 0 Å². The van der Waals surface area contributed by atoms with Crippen LogP contribution in [0.15, 0.2) is 59.5 Å². The Balaban J connectivity index is 1.91. The average Bonchev–Trinajstić information content (AvgIpc) is 2.52. The molecule has 0 aromatic heterocycles. The first-order valence-corrected chi connectivity index (χ1v) is 7.78. The van der Waals surface area contributed by atoms with Crippen LogP contribution in [0.3, 0.4) is 0 Å². The SMILES string of the molecule is CNC(CSc1ccccc1)Cc1cccc(OC)c1. The molecule has 0 fully saturated rings. The highest BCUT2D eigenvalue weighted by molar-refractivity contribution is 7.99. The first-order valence-electron chi connectivity index (χ1n) is 6.80. The van der Waals surface area contributed by atoms with Crippen LogP contribution in [0.1, 0.15) is 5.56 Å². The fourth-order valence-electron chi connectivity index (χ4n) is 2.04. The number of methoxy groups -OCH3 is 1. The van der Waals surface area contributed by atoms with E-state index in [2.05, 4.69) is 47.8 Å². The number of likely N-dealkylation sites (N-methyl/N-ethyl adjacent to an activating group) is 1. The second-order valence-electron chi connectivity index (χ2n) is 4.67. The Labute approximate surface area is 125 Å². The highest BCUT2D eigenvalue weighted by Crippen LogP contribution is 2.20. The van der Waals surface area contributed by atoms with E-state index < -0.39 is 0 Å². The van der Waals surface area contributed by atoms with Gasteiger partial charge >= 0.3 is 0 Å². The van der Waals surface area contributed by atoms with Crippen molar-refractivity contribution in [2.45, 2.75) is 17.4 Å². The number of thioether (sulfide) groups is 1. The first-order chi connectivity index (χ1) is 9.81. The van der Waals surface area contributed by atoms with Gasteiger partial charge in [0.1, 0.15) is 5.75 Å². The van der Waals surface area contributed by atoms with Gasteiger partial charge in [-0.3, -0.25) is 0 Å². The second-order valence-corrected chi connectivity index (χ2v) is 5.76. The van der Waals surface area contributed by atoms with Crippen molar-refractivity contribution in [3.05, 3.63) is 60.2 Å². The van der Waals surface area contributed by atoms with Crippen LogP contribution in [0.2, 0.25) is 0 Å². The number of rotatable bonds is 7. The van der Waals surface area contributed by atoms with Crippen LogP contribution in [0.5, 0.6) is 5.75 Å². The standard InChI is InChI=1S/C17H21NOS/c1-18-15(13-20-17-9-4-3-5-10-17)11-14-7-6-8-16(12-14)19-2/h3-10,12,15,18H,11,13H2,1-2H3. The molecule has 106 valence electrons. The first kappa shape index (κ1) is 14.9. The highest BCUT2D eigenvalue weighted by Gasteiger charge is 2.08. The highest BCUT2D eigenvalue weighted by atomic mass is 32.2. The maximum absolute atomic E-state index is 5.27. The molecule has 0 saturated carbocycles. The predicted molar refractivity (Wildman–Crippen MR) is 86.7 cm³/mol. The molecule has 2 aromatic rings. The van der Waals surface area contributed by atoms with Gasteiger partial charge in [-0.2, -0.15) is 0 Å². The van der Waals surface area contributed by atoms with Crippen LogP contribution in [0, 0.1) is 0 Å². The predicted octanol–water partition coefficient (Wildman–Crippen LogP) is 3.62. The lowest BCUT2D eigenvalue weighted by molar-refractivity contribution is 0.414. The van der Waals surface area contributed by atoms with Gasteiger partial charge in [0.2, 0.25) is 0 Å². The van der Waals surface area contributed by atoms with E-state index in [0.717, 1.165) is 17.9 Å². The molecular weight excluding hydrogens is 266 g/mol. The van der Waals surface area contributed by atoms with E-state index in [0.29, 0.717) is 6.04 Å². The van der Waals surface area contributed by atoms with E-state index in [1.807, 2.05) is 30.9 Å². The Morgan fingerprint density at radius 2 is 1.90 bits per heavy atom. The molecule has 0 radical (unpaired) electrons. The van der Waals surface area contributed by atoms with Crippen molar-refractivity contribution in [3.8, 4) is 5.75 Å². The molecule has 2 rings (SSSR count). The fourth-order valence-corrected chi connectivity index (χ4v) is 3.07. The fraction of sp³-hybridized carbons (Fsp3) is 0.294. The normalized spacial score (nSPS) is 12.1. The number of nitrogens with one attached hydrogen (secondary N) is 1. The van der Waals surface area contributed by atoms with Gasteiger partial charge < -0.3 is 10.1 Å². The zero-order chi connectivity index (χ0) is 14.2. The van der Waals surface area contributed by atoms with Gasteiger partial charge in [-0.25, -0.2) is 0 Å². The van der Waals surface area contributed by atoms with E-state index in [-0.39, 0.29) is 0 Å². The number of benzene rings is 2. The lowest BCUT2D eigenvalue weighted by atomic mass is 10.1. The minimum atomic E-state index is 0.451. The summed E-state index contributed by atoms with van der Waals surface area (Å²) < 4.78 is 5.27. The van der Waals surface area contributed by atoms with Crippen LogP contribution in [-0.2, 0) is 6.42 Å². The van der Waals surface area contributed by atoms with Crippen molar-refractivity contribution in [2.24, 2.45) is 0 Å². The summed E-state index contributed by atoms with van der Waals surface area (Å²) >= 11 is 1.89. The molecule has 0 saturated heterocycles. The Morgan fingerprint density at radius 3 is 2.60 bits per heavy atom. The van der Waals surface area contributed by atoms with Crippen molar-refractivity contribution in [1.29, 1.82) is 0 Å². The summed E-state index contributed by atoms with van der Waals surface area (Å²) in [6, 6.07) is 19.3. The summed E-state index contributed by atoms with van der Waals surface area (Å²) in [5.74, 6) is 1.98. The molecule has 0 spiro atoms. The Bertz CT molecular complexity index is 515. The molecule has 2 aromatic carbocycles. The summed E-state index contributed by atoms with van der Waals surface area (Å²) in [7, 11) is 3.73. The van der Waals surface area contributed by atoms with Crippen LogP contribution in [0.25, 0.3) is 0 Å². The molecule has 0 bridgehead atoms. The lowest BCUT2D eigenvalue weighted by Crippen LogP contribution is -2.30. The quantitative estimate of drug-likeness (QED) is 0.786. The molecule has 1 atom stereocenters. The maximum Gasteiger partial charge on any atom is 0.119 e. The van der Waals surface area contributed by atoms with Crippen LogP contribution >= 0.6 is 11.8 Å². The Morgan fingerprint density at radius 1 is 1.10 bits per heavy atom. The van der Waals surface area contributed by atoms with E-state index >= 15 is 0 Å². The minimum Gasteiger partial charge on any atom is -0.497 e. The molecule has 0 aliphatic heterocycles. The largest absolute Gasteiger partial charge is 0.497 e. The summed E-state index contributed by atoms with van der Waals surface area (Å²) in [5.41, 5.74) is 1.30.